The van der Waals surface area contributed by atoms with E-state index in [9.17, 15) is 13.2 Å². The summed E-state index contributed by atoms with van der Waals surface area (Å²) in [6, 6.07) is 16.7. The first kappa shape index (κ1) is 37.2. The Kier molecular flexibility index (Phi) is 16.6. The molecule has 2 aromatic carbocycles. The maximum absolute atomic E-state index is 12.8. The summed E-state index contributed by atoms with van der Waals surface area (Å²) in [5, 5.41) is 0. The van der Waals surface area contributed by atoms with Crippen molar-refractivity contribution in [1.82, 2.24) is 4.90 Å². The molecule has 0 bridgehead atoms. The predicted octanol–water partition coefficient (Wildman–Crippen LogP) is 7.23. The van der Waals surface area contributed by atoms with Crippen LogP contribution in [0.4, 0.5) is 0 Å². The number of benzene rings is 2. The van der Waals surface area contributed by atoms with Crippen molar-refractivity contribution in [3.63, 3.8) is 0 Å². The van der Waals surface area contributed by atoms with Gasteiger partial charge in [0.2, 0.25) is 5.91 Å². The van der Waals surface area contributed by atoms with E-state index in [-0.39, 0.29) is 48.7 Å². The number of nitrogens with zero attached hydrogens (tertiary/aromatic N) is 1. The second-order valence-corrected chi connectivity index (χ2v) is 14.0. The van der Waals surface area contributed by atoms with Crippen LogP contribution in [0.15, 0.2) is 59.5 Å². The number of hydrogen-bond acceptors (Lipinski definition) is 7. The molecule has 45 heavy (non-hydrogen) atoms. The minimum Gasteiger partial charge on any atom is -0.371 e. The molecule has 0 spiro atoms. The van der Waals surface area contributed by atoms with E-state index < -0.39 is 16.2 Å². The minimum absolute atomic E-state index is 0.0479. The molecule has 0 unspecified atom stereocenters. The zero-order valence-corrected chi connectivity index (χ0v) is 28.6. The molecule has 1 fully saturated rings. The normalized spacial score (nSPS) is 19.3. The van der Waals surface area contributed by atoms with Crippen molar-refractivity contribution in [3.05, 3.63) is 65.7 Å². The Bertz CT molecular complexity index is 1200. The molecule has 2 aromatic rings. The zero-order valence-electron chi connectivity index (χ0n) is 27.8. The summed E-state index contributed by atoms with van der Waals surface area (Å²) in [4.78, 5) is 14.0. The minimum atomic E-state index is -3.92. The highest BCUT2D eigenvalue weighted by molar-refractivity contribution is 7.86. The molecule has 1 saturated heterocycles. The van der Waals surface area contributed by atoms with Crippen molar-refractivity contribution in [2.75, 3.05) is 27.3 Å². The molecule has 252 valence electrons. The van der Waals surface area contributed by atoms with Gasteiger partial charge in [-0.2, -0.15) is 8.42 Å². The fourth-order valence-electron chi connectivity index (χ4n) is 5.60. The van der Waals surface area contributed by atoms with E-state index >= 15 is 0 Å². The van der Waals surface area contributed by atoms with Crippen molar-refractivity contribution < 1.29 is 31.6 Å². The maximum Gasteiger partial charge on any atom is 0.296 e. The van der Waals surface area contributed by atoms with Crippen LogP contribution in [0.1, 0.15) is 95.1 Å². The first-order chi connectivity index (χ1) is 21.7. The second kappa shape index (κ2) is 20.0. The number of likely N-dealkylation sites (N-methyl/N-ethyl adjacent to an activating group) is 1. The Morgan fingerprint density at radius 3 is 2.27 bits per heavy atom. The SMILES string of the molecule is CCCCCCCCCC[C@@H]1O[C@H]([C@H](CCOS(=O)(=O)c2ccc(C)cc2)OCC(=O)N(C)C)CC[C@H]1OCc1ccccc1. The van der Waals surface area contributed by atoms with Crippen LogP contribution in [0.25, 0.3) is 0 Å². The summed E-state index contributed by atoms with van der Waals surface area (Å²) >= 11 is 0. The van der Waals surface area contributed by atoms with E-state index in [1.54, 1.807) is 38.4 Å². The molecule has 0 N–H and O–H groups in total. The van der Waals surface area contributed by atoms with Gasteiger partial charge in [-0.05, 0) is 43.9 Å². The Morgan fingerprint density at radius 1 is 0.933 bits per heavy atom. The third kappa shape index (κ3) is 13.5. The van der Waals surface area contributed by atoms with E-state index in [4.69, 9.17) is 18.4 Å². The summed E-state index contributed by atoms with van der Waals surface area (Å²) in [6.45, 7) is 4.48. The first-order valence-electron chi connectivity index (χ1n) is 16.8. The Labute approximate surface area is 271 Å². The molecule has 0 radical (unpaired) electrons. The van der Waals surface area contributed by atoms with Crippen molar-refractivity contribution in [2.45, 2.75) is 127 Å². The number of rotatable bonds is 21. The maximum atomic E-state index is 12.8. The average molecular weight is 646 g/mol. The molecule has 1 aliphatic rings. The molecule has 9 heteroatoms. The van der Waals surface area contributed by atoms with Crippen LogP contribution >= 0.6 is 0 Å². The fourth-order valence-corrected chi connectivity index (χ4v) is 6.52. The summed E-state index contributed by atoms with van der Waals surface area (Å²) in [5.74, 6) is -0.163. The van der Waals surface area contributed by atoms with Crippen LogP contribution < -0.4 is 0 Å². The van der Waals surface area contributed by atoms with E-state index in [1.165, 1.54) is 43.4 Å². The third-order valence-corrected chi connectivity index (χ3v) is 9.76. The molecule has 1 aliphatic heterocycles. The monoisotopic (exact) mass is 645 g/mol. The van der Waals surface area contributed by atoms with Crippen LogP contribution in [0.2, 0.25) is 0 Å². The number of hydrogen-bond donors (Lipinski definition) is 0. The van der Waals surface area contributed by atoms with Gasteiger partial charge in [0.25, 0.3) is 10.1 Å². The Hall–Kier alpha value is -2.30. The van der Waals surface area contributed by atoms with E-state index in [1.807, 2.05) is 25.1 Å². The van der Waals surface area contributed by atoms with Crippen LogP contribution in [-0.2, 0) is 39.9 Å². The predicted molar refractivity (Wildman–Crippen MR) is 178 cm³/mol. The Morgan fingerprint density at radius 2 is 1.60 bits per heavy atom. The van der Waals surface area contributed by atoms with Crippen molar-refractivity contribution in [3.8, 4) is 0 Å². The highest BCUT2D eigenvalue weighted by Gasteiger charge is 2.36. The van der Waals surface area contributed by atoms with Crippen molar-refractivity contribution in [1.29, 1.82) is 0 Å². The lowest BCUT2D eigenvalue weighted by atomic mass is 9.93. The second-order valence-electron chi connectivity index (χ2n) is 12.4. The van der Waals surface area contributed by atoms with Gasteiger partial charge in [0.1, 0.15) is 6.61 Å². The van der Waals surface area contributed by atoms with Crippen molar-refractivity contribution >= 4 is 16.0 Å². The molecule has 0 saturated carbocycles. The summed E-state index contributed by atoms with van der Waals surface area (Å²) in [6.07, 6.45) is 11.5. The smallest absolute Gasteiger partial charge is 0.296 e. The molecule has 4 atom stereocenters. The standard InChI is InChI=1S/C36H55NO7S/c1-5-6-7-8-9-10-11-15-18-34-32(41-27-30-16-13-12-14-17-30)23-24-35(44-34)33(42-28-36(38)37(3)4)25-26-43-45(39,40)31-21-19-29(2)20-22-31/h12-14,16-17,19-22,32-35H,5-11,15,18,23-28H2,1-4H3/t32-,33+,34+,35+/m1/s1. The Balaban J connectivity index is 1.63. The van der Waals surface area contributed by atoms with Gasteiger partial charge in [-0.3, -0.25) is 8.98 Å². The summed E-state index contributed by atoms with van der Waals surface area (Å²) < 4.78 is 50.3. The number of amides is 1. The topological polar surface area (TPSA) is 91.4 Å². The highest BCUT2D eigenvalue weighted by atomic mass is 32.2. The number of unbranched alkanes of at least 4 members (excludes halogenated alkanes) is 7. The van der Waals surface area contributed by atoms with Gasteiger partial charge < -0.3 is 19.1 Å². The van der Waals surface area contributed by atoms with Gasteiger partial charge in [-0.1, -0.05) is 106 Å². The van der Waals surface area contributed by atoms with Gasteiger partial charge in [0, 0.05) is 20.5 Å². The quantitative estimate of drug-likeness (QED) is 0.105. The molecule has 8 nitrogen and oxygen atoms in total. The molecule has 3 rings (SSSR count). The number of carbonyl (C=O) groups excluding carboxylic acids is 1. The first-order valence-corrected chi connectivity index (χ1v) is 18.2. The van der Waals surface area contributed by atoms with Crippen LogP contribution in [0.5, 0.6) is 0 Å². The summed E-state index contributed by atoms with van der Waals surface area (Å²) in [5.41, 5.74) is 2.09. The van der Waals surface area contributed by atoms with Gasteiger partial charge in [0.05, 0.1) is 42.5 Å². The third-order valence-electron chi connectivity index (χ3n) is 8.43. The number of ether oxygens (including phenoxy) is 3. The molecule has 0 aromatic heterocycles. The van der Waals surface area contributed by atoms with Crippen LogP contribution in [0, 0.1) is 6.92 Å². The van der Waals surface area contributed by atoms with Crippen LogP contribution in [-0.4, -0.2) is 70.9 Å². The lowest BCUT2D eigenvalue weighted by Gasteiger charge is -2.39. The molecule has 1 amide bonds. The summed E-state index contributed by atoms with van der Waals surface area (Å²) in [7, 11) is -0.550. The van der Waals surface area contributed by atoms with Gasteiger partial charge >= 0.3 is 0 Å². The van der Waals surface area contributed by atoms with Crippen LogP contribution in [0.3, 0.4) is 0 Å². The largest absolute Gasteiger partial charge is 0.371 e. The number of aryl methyl sites for hydroxylation is 1. The van der Waals surface area contributed by atoms with E-state index in [0.29, 0.717) is 13.0 Å². The zero-order chi connectivity index (χ0) is 32.5. The van der Waals surface area contributed by atoms with Gasteiger partial charge in [0.15, 0.2) is 0 Å². The number of carbonyl (C=O) groups is 1. The lowest BCUT2D eigenvalue weighted by Crippen LogP contribution is -2.46. The fraction of sp³-hybridized carbons (Fsp3) is 0.639. The lowest BCUT2D eigenvalue weighted by molar-refractivity contribution is -0.185. The average Bonchev–Trinajstić information content (AvgIpc) is 3.03. The van der Waals surface area contributed by atoms with E-state index in [0.717, 1.165) is 36.8 Å². The van der Waals surface area contributed by atoms with Gasteiger partial charge in [-0.15, -0.1) is 0 Å². The highest BCUT2D eigenvalue weighted by Crippen LogP contribution is 2.30. The molecule has 1 heterocycles. The molecular weight excluding hydrogens is 590 g/mol. The molecule has 0 aliphatic carbocycles. The van der Waals surface area contributed by atoms with Crippen molar-refractivity contribution in [2.24, 2.45) is 0 Å². The molecular formula is C36H55NO7S. The van der Waals surface area contributed by atoms with E-state index in [2.05, 4.69) is 19.1 Å². The van der Waals surface area contributed by atoms with Gasteiger partial charge in [-0.25, -0.2) is 0 Å².